The zero-order chi connectivity index (χ0) is 17.6. The standard InChI is InChI=1S/C17H17N5O2S/c1-3-22-16(14-10-18-8-9-19-14)20-21-17(22)25-11-15(23)12-4-6-13(24-2)7-5-12/h4-10H,3,11H2,1-2H3. The lowest BCUT2D eigenvalue weighted by molar-refractivity contribution is 0.102. The van der Waals surface area contributed by atoms with Crippen LogP contribution in [0, 0.1) is 0 Å². The molecule has 0 unspecified atom stereocenters. The minimum absolute atomic E-state index is 0.0272. The lowest BCUT2D eigenvalue weighted by Crippen LogP contribution is -2.05. The van der Waals surface area contributed by atoms with Crippen LogP contribution in [0.25, 0.3) is 11.5 Å². The van der Waals surface area contributed by atoms with Crippen molar-refractivity contribution in [1.29, 1.82) is 0 Å². The number of carbonyl (C=O) groups is 1. The number of hydrogen-bond donors (Lipinski definition) is 0. The van der Waals surface area contributed by atoms with Crippen molar-refractivity contribution in [2.24, 2.45) is 0 Å². The fraction of sp³-hybridized carbons (Fsp3) is 0.235. The van der Waals surface area contributed by atoms with Gasteiger partial charge in [-0.3, -0.25) is 9.78 Å². The fourth-order valence-corrected chi connectivity index (χ4v) is 3.17. The van der Waals surface area contributed by atoms with Crippen molar-refractivity contribution in [2.45, 2.75) is 18.6 Å². The van der Waals surface area contributed by atoms with Crippen molar-refractivity contribution in [3.05, 3.63) is 48.4 Å². The van der Waals surface area contributed by atoms with Crippen molar-refractivity contribution in [3.8, 4) is 17.3 Å². The lowest BCUT2D eigenvalue weighted by Gasteiger charge is -2.06. The van der Waals surface area contributed by atoms with Crippen molar-refractivity contribution in [1.82, 2.24) is 24.7 Å². The molecule has 2 aromatic heterocycles. The third-order valence-corrected chi connectivity index (χ3v) is 4.54. The maximum atomic E-state index is 12.4. The molecule has 1 aromatic carbocycles. The van der Waals surface area contributed by atoms with Gasteiger partial charge in [0.25, 0.3) is 0 Å². The zero-order valence-corrected chi connectivity index (χ0v) is 14.7. The van der Waals surface area contributed by atoms with Gasteiger partial charge in [-0.15, -0.1) is 10.2 Å². The van der Waals surface area contributed by atoms with Gasteiger partial charge in [0.2, 0.25) is 0 Å². The summed E-state index contributed by atoms with van der Waals surface area (Å²) in [6.45, 7) is 2.68. The first kappa shape index (κ1) is 17.1. The molecule has 7 nitrogen and oxygen atoms in total. The van der Waals surface area contributed by atoms with Gasteiger partial charge in [0.1, 0.15) is 11.4 Å². The Hall–Kier alpha value is -2.74. The van der Waals surface area contributed by atoms with Gasteiger partial charge < -0.3 is 9.30 Å². The molecular weight excluding hydrogens is 338 g/mol. The monoisotopic (exact) mass is 355 g/mol. The van der Waals surface area contributed by atoms with Crippen LogP contribution in [-0.4, -0.2) is 43.4 Å². The van der Waals surface area contributed by atoms with Gasteiger partial charge in [-0.25, -0.2) is 4.98 Å². The summed E-state index contributed by atoms with van der Waals surface area (Å²) in [4.78, 5) is 20.7. The number of rotatable bonds is 7. The Kier molecular flexibility index (Phi) is 5.39. The van der Waals surface area contributed by atoms with E-state index in [2.05, 4.69) is 20.2 Å². The highest BCUT2D eigenvalue weighted by molar-refractivity contribution is 7.99. The maximum absolute atomic E-state index is 12.4. The molecular formula is C17H17N5O2S. The van der Waals surface area contributed by atoms with Crippen LogP contribution >= 0.6 is 11.8 Å². The van der Waals surface area contributed by atoms with E-state index in [-0.39, 0.29) is 11.5 Å². The highest BCUT2D eigenvalue weighted by Gasteiger charge is 2.16. The largest absolute Gasteiger partial charge is 0.497 e. The van der Waals surface area contributed by atoms with Gasteiger partial charge in [-0.2, -0.15) is 0 Å². The molecule has 0 saturated carbocycles. The Bertz CT molecular complexity index is 849. The van der Waals surface area contributed by atoms with Gasteiger partial charge in [0.05, 0.1) is 19.1 Å². The number of thioether (sulfide) groups is 1. The highest BCUT2D eigenvalue weighted by Crippen LogP contribution is 2.23. The molecule has 0 spiro atoms. The summed E-state index contributed by atoms with van der Waals surface area (Å²) in [6.07, 6.45) is 4.87. The first-order valence-corrected chi connectivity index (χ1v) is 8.71. The highest BCUT2D eigenvalue weighted by atomic mass is 32.2. The fourth-order valence-electron chi connectivity index (χ4n) is 2.27. The minimum Gasteiger partial charge on any atom is -0.497 e. The second kappa shape index (κ2) is 7.89. The molecule has 0 N–H and O–H groups in total. The minimum atomic E-state index is 0.0272. The third-order valence-electron chi connectivity index (χ3n) is 3.57. The van der Waals surface area contributed by atoms with E-state index in [9.17, 15) is 4.79 Å². The number of nitrogens with zero attached hydrogens (tertiary/aromatic N) is 5. The number of Topliss-reactive ketones (excluding diaryl/α,β-unsaturated/α-hetero) is 1. The predicted molar refractivity (Wildman–Crippen MR) is 94.8 cm³/mol. The molecule has 2 heterocycles. The topological polar surface area (TPSA) is 82.8 Å². The summed E-state index contributed by atoms with van der Waals surface area (Å²) < 4.78 is 7.03. The van der Waals surface area contributed by atoms with E-state index in [0.717, 1.165) is 5.75 Å². The maximum Gasteiger partial charge on any atom is 0.191 e. The number of methoxy groups -OCH3 is 1. The molecule has 128 valence electrons. The Labute approximate surface area is 149 Å². The summed E-state index contributed by atoms with van der Waals surface area (Å²) in [6, 6.07) is 7.08. The van der Waals surface area contributed by atoms with Crippen molar-refractivity contribution in [3.63, 3.8) is 0 Å². The summed E-state index contributed by atoms with van der Waals surface area (Å²) in [5, 5.41) is 9.07. The average molecular weight is 355 g/mol. The van der Waals surface area contributed by atoms with Gasteiger partial charge >= 0.3 is 0 Å². The van der Waals surface area contributed by atoms with E-state index in [1.807, 2.05) is 11.5 Å². The molecule has 0 saturated heterocycles. The van der Waals surface area contributed by atoms with Crippen LogP contribution in [0.1, 0.15) is 17.3 Å². The van der Waals surface area contributed by atoms with Gasteiger partial charge in [0, 0.05) is 24.5 Å². The number of ether oxygens (including phenoxy) is 1. The molecule has 3 aromatic rings. The van der Waals surface area contributed by atoms with Crippen molar-refractivity contribution < 1.29 is 9.53 Å². The quantitative estimate of drug-likeness (QED) is 0.476. The molecule has 3 rings (SSSR count). The first-order chi connectivity index (χ1) is 12.2. The van der Waals surface area contributed by atoms with Crippen LogP contribution in [0.2, 0.25) is 0 Å². The van der Waals surface area contributed by atoms with Crippen LogP contribution in [0.3, 0.4) is 0 Å². The summed E-state index contributed by atoms with van der Waals surface area (Å²) >= 11 is 1.36. The van der Waals surface area contributed by atoms with Crippen LogP contribution < -0.4 is 4.74 Å². The Morgan fingerprint density at radius 3 is 2.64 bits per heavy atom. The number of carbonyl (C=O) groups excluding carboxylic acids is 1. The van der Waals surface area contributed by atoms with E-state index in [1.165, 1.54) is 11.8 Å². The molecule has 0 radical (unpaired) electrons. The Morgan fingerprint density at radius 1 is 1.20 bits per heavy atom. The lowest BCUT2D eigenvalue weighted by atomic mass is 10.1. The Balaban J connectivity index is 1.72. The number of benzene rings is 1. The smallest absolute Gasteiger partial charge is 0.191 e. The molecule has 0 amide bonds. The molecule has 0 aliphatic carbocycles. The molecule has 0 aliphatic heterocycles. The van der Waals surface area contributed by atoms with Crippen molar-refractivity contribution >= 4 is 17.5 Å². The van der Waals surface area contributed by atoms with E-state index in [4.69, 9.17) is 4.74 Å². The van der Waals surface area contributed by atoms with Gasteiger partial charge in [-0.05, 0) is 31.2 Å². The van der Waals surface area contributed by atoms with E-state index in [1.54, 1.807) is 50.0 Å². The molecule has 25 heavy (non-hydrogen) atoms. The van der Waals surface area contributed by atoms with Crippen LogP contribution in [0.15, 0.2) is 48.0 Å². The van der Waals surface area contributed by atoms with Crippen LogP contribution in [-0.2, 0) is 6.54 Å². The molecule has 0 fully saturated rings. The number of aromatic nitrogens is 5. The second-order valence-corrected chi connectivity index (χ2v) is 6.02. The van der Waals surface area contributed by atoms with Gasteiger partial charge in [0.15, 0.2) is 16.8 Å². The summed E-state index contributed by atoms with van der Waals surface area (Å²) in [5.74, 6) is 1.68. The number of ketones is 1. The van der Waals surface area contributed by atoms with E-state index in [0.29, 0.717) is 28.8 Å². The third kappa shape index (κ3) is 3.85. The number of hydrogen-bond acceptors (Lipinski definition) is 7. The summed E-state index contributed by atoms with van der Waals surface area (Å²) in [7, 11) is 1.60. The zero-order valence-electron chi connectivity index (χ0n) is 13.9. The van der Waals surface area contributed by atoms with Gasteiger partial charge in [-0.1, -0.05) is 11.8 Å². The van der Waals surface area contributed by atoms with E-state index < -0.39 is 0 Å². The Morgan fingerprint density at radius 2 is 2.00 bits per heavy atom. The second-order valence-electron chi connectivity index (χ2n) is 5.08. The van der Waals surface area contributed by atoms with Crippen molar-refractivity contribution in [2.75, 3.05) is 12.9 Å². The van der Waals surface area contributed by atoms with Crippen LogP contribution in [0.5, 0.6) is 5.75 Å². The average Bonchev–Trinajstić information content (AvgIpc) is 3.09. The molecule has 0 atom stereocenters. The molecule has 0 bridgehead atoms. The normalized spacial score (nSPS) is 10.6. The molecule has 0 aliphatic rings. The van der Waals surface area contributed by atoms with E-state index >= 15 is 0 Å². The van der Waals surface area contributed by atoms with Crippen LogP contribution in [0.4, 0.5) is 0 Å². The SMILES string of the molecule is CCn1c(SCC(=O)c2ccc(OC)cc2)nnc1-c1cnccn1. The summed E-state index contributed by atoms with van der Waals surface area (Å²) in [5.41, 5.74) is 1.30. The predicted octanol–water partition coefficient (Wildman–Crippen LogP) is 2.74. The molecule has 8 heteroatoms. The first-order valence-electron chi connectivity index (χ1n) is 7.72.